The second-order valence-electron chi connectivity index (χ2n) is 4.67. The van der Waals surface area contributed by atoms with Crippen molar-refractivity contribution in [2.45, 2.75) is 10.9 Å². The molecule has 0 atom stereocenters. The number of phenols is 1. The summed E-state index contributed by atoms with van der Waals surface area (Å²) in [7, 11) is 0. The van der Waals surface area contributed by atoms with Gasteiger partial charge in [0.2, 0.25) is 5.16 Å². The lowest BCUT2D eigenvalue weighted by molar-refractivity contribution is -0.255. The molecule has 116 valence electrons. The average molecular weight is 327 g/mol. The highest BCUT2D eigenvalue weighted by Crippen LogP contribution is 2.23. The molecule has 0 aliphatic rings. The minimum Gasteiger partial charge on any atom is -0.545 e. The molecule has 0 fully saturated rings. The second-order valence-corrected chi connectivity index (χ2v) is 5.61. The third kappa shape index (κ3) is 3.49. The lowest BCUT2D eigenvalue weighted by Gasteiger charge is -2.06. The smallest absolute Gasteiger partial charge is 0.214 e. The maximum atomic E-state index is 10.7. The van der Waals surface area contributed by atoms with E-state index in [1.807, 2.05) is 0 Å². The standard InChI is InChI=1S/C15H12N4O3S/c20-13-3-1-2-12(8-13)19-15(16-17-18-19)23-9-10-4-6-11(7-5-10)14(21)22/h1-8,20H,9H2,(H,21,22)/p-1. The zero-order valence-electron chi connectivity index (χ0n) is 11.8. The van der Waals surface area contributed by atoms with Crippen LogP contribution < -0.4 is 5.11 Å². The summed E-state index contributed by atoms with van der Waals surface area (Å²) in [5.74, 6) is -0.490. The van der Waals surface area contributed by atoms with Gasteiger partial charge >= 0.3 is 0 Å². The summed E-state index contributed by atoms with van der Waals surface area (Å²) in [6, 6.07) is 13.1. The zero-order valence-corrected chi connectivity index (χ0v) is 12.6. The van der Waals surface area contributed by atoms with E-state index in [0.29, 0.717) is 16.6 Å². The topological polar surface area (TPSA) is 104 Å². The van der Waals surface area contributed by atoms with Crippen LogP contribution in [-0.2, 0) is 5.75 Å². The predicted molar refractivity (Wildman–Crippen MR) is 81.2 cm³/mol. The van der Waals surface area contributed by atoms with Crippen molar-refractivity contribution in [3.63, 3.8) is 0 Å². The number of aromatic nitrogens is 4. The third-order valence-electron chi connectivity index (χ3n) is 3.07. The molecule has 0 unspecified atom stereocenters. The molecular weight excluding hydrogens is 316 g/mol. The van der Waals surface area contributed by atoms with E-state index in [1.54, 1.807) is 36.4 Å². The van der Waals surface area contributed by atoms with Crippen LogP contribution in [0.5, 0.6) is 5.75 Å². The molecule has 7 nitrogen and oxygen atoms in total. The maximum absolute atomic E-state index is 10.7. The molecular formula is C15H11N4O3S-. The van der Waals surface area contributed by atoms with Gasteiger partial charge in [0.05, 0.1) is 11.7 Å². The average Bonchev–Trinajstić information content (AvgIpc) is 3.02. The number of benzene rings is 2. The number of hydrogen-bond donors (Lipinski definition) is 1. The van der Waals surface area contributed by atoms with Gasteiger partial charge in [-0.05, 0) is 33.7 Å². The monoisotopic (exact) mass is 327 g/mol. The fourth-order valence-corrected chi connectivity index (χ4v) is 2.79. The molecule has 0 radical (unpaired) electrons. The number of carbonyl (C=O) groups is 1. The molecule has 0 amide bonds. The van der Waals surface area contributed by atoms with E-state index in [-0.39, 0.29) is 11.3 Å². The quantitative estimate of drug-likeness (QED) is 0.698. The first-order valence-electron chi connectivity index (χ1n) is 6.64. The lowest BCUT2D eigenvalue weighted by atomic mass is 10.1. The largest absolute Gasteiger partial charge is 0.545 e. The number of rotatable bonds is 5. The SMILES string of the molecule is O=C([O-])c1ccc(CSc2nnnn2-c2cccc(O)c2)cc1. The summed E-state index contributed by atoms with van der Waals surface area (Å²) in [5.41, 5.74) is 1.73. The summed E-state index contributed by atoms with van der Waals surface area (Å²) in [5, 5.41) is 32.4. The number of hydrogen-bond acceptors (Lipinski definition) is 7. The molecule has 0 spiro atoms. The van der Waals surface area contributed by atoms with E-state index in [1.165, 1.54) is 28.6 Å². The van der Waals surface area contributed by atoms with Crippen LogP contribution in [0.15, 0.2) is 53.7 Å². The summed E-state index contributed by atoms with van der Waals surface area (Å²) < 4.78 is 1.53. The van der Waals surface area contributed by atoms with Crippen molar-refractivity contribution in [1.82, 2.24) is 20.2 Å². The van der Waals surface area contributed by atoms with Crippen LogP contribution in [0.2, 0.25) is 0 Å². The number of carbonyl (C=O) groups excluding carboxylic acids is 1. The first-order chi connectivity index (χ1) is 11.1. The van der Waals surface area contributed by atoms with Gasteiger partial charge < -0.3 is 15.0 Å². The van der Waals surface area contributed by atoms with Crippen molar-refractivity contribution < 1.29 is 15.0 Å². The number of carboxylic acid groups (broad SMARTS) is 1. The molecule has 0 bridgehead atoms. The van der Waals surface area contributed by atoms with E-state index in [2.05, 4.69) is 15.5 Å². The van der Waals surface area contributed by atoms with Crippen LogP contribution in [-0.4, -0.2) is 31.3 Å². The third-order valence-corrected chi connectivity index (χ3v) is 4.06. The number of carboxylic acids is 1. The van der Waals surface area contributed by atoms with E-state index < -0.39 is 5.97 Å². The lowest BCUT2D eigenvalue weighted by Crippen LogP contribution is -2.21. The first-order valence-corrected chi connectivity index (χ1v) is 7.63. The van der Waals surface area contributed by atoms with Gasteiger partial charge in [0, 0.05) is 11.8 Å². The van der Waals surface area contributed by atoms with Crippen LogP contribution in [0.1, 0.15) is 15.9 Å². The van der Waals surface area contributed by atoms with Crippen LogP contribution >= 0.6 is 11.8 Å². The normalized spacial score (nSPS) is 10.6. The van der Waals surface area contributed by atoms with Gasteiger partial charge in [-0.15, -0.1) is 5.10 Å². The van der Waals surface area contributed by atoms with Crippen molar-refractivity contribution in [2.75, 3.05) is 0 Å². The maximum Gasteiger partial charge on any atom is 0.214 e. The Hall–Kier alpha value is -2.87. The predicted octanol–water partition coefficient (Wildman–Crippen LogP) is 1.02. The van der Waals surface area contributed by atoms with Gasteiger partial charge in [-0.25, -0.2) is 0 Å². The highest BCUT2D eigenvalue weighted by atomic mass is 32.2. The molecule has 8 heteroatoms. The molecule has 3 rings (SSSR count). The van der Waals surface area contributed by atoms with E-state index in [9.17, 15) is 15.0 Å². The Balaban J connectivity index is 1.74. The molecule has 0 aliphatic carbocycles. The van der Waals surface area contributed by atoms with Gasteiger partial charge in [0.15, 0.2) is 0 Å². The minimum atomic E-state index is -1.20. The Kier molecular flexibility index (Phi) is 4.24. The molecule has 0 aliphatic heterocycles. The van der Waals surface area contributed by atoms with E-state index in [0.717, 1.165) is 5.56 Å². The Morgan fingerprint density at radius 1 is 1.22 bits per heavy atom. The van der Waals surface area contributed by atoms with Crippen LogP contribution in [0.25, 0.3) is 5.69 Å². The Morgan fingerprint density at radius 2 is 2.00 bits per heavy atom. The van der Waals surface area contributed by atoms with Gasteiger partial charge in [-0.1, -0.05) is 42.1 Å². The van der Waals surface area contributed by atoms with Crippen molar-refractivity contribution in [3.05, 3.63) is 59.7 Å². The molecule has 1 N–H and O–H groups in total. The molecule has 3 aromatic rings. The van der Waals surface area contributed by atoms with Crippen LogP contribution in [0.3, 0.4) is 0 Å². The fourth-order valence-electron chi connectivity index (χ4n) is 1.94. The molecule has 23 heavy (non-hydrogen) atoms. The zero-order chi connectivity index (χ0) is 16.2. The summed E-state index contributed by atoms with van der Waals surface area (Å²) >= 11 is 1.40. The molecule has 1 heterocycles. The van der Waals surface area contributed by atoms with Crippen LogP contribution in [0, 0.1) is 0 Å². The minimum absolute atomic E-state index is 0.131. The Bertz CT molecular complexity index is 833. The summed E-state index contributed by atoms with van der Waals surface area (Å²) in [6.45, 7) is 0. The molecule has 1 aromatic heterocycles. The van der Waals surface area contributed by atoms with Crippen molar-refractivity contribution in [3.8, 4) is 11.4 Å². The number of phenolic OH excluding ortho intramolecular Hbond substituents is 1. The highest BCUT2D eigenvalue weighted by molar-refractivity contribution is 7.98. The fraction of sp³-hybridized carbons (Fsp3) is 0.0667. The van der Waals surface area contributed by atoms with Crippen molar-refractivity contribution in [2.24, 2.45) is 0 Å². The number of aromatic hydroxyl groups is 1. The number of tetrazole rings is 1. The molecule has 2 aromatic carbocycles. The van der Waals surface area contributed by atoms with Crippen molar-refractivity contribution >= 4 is 17.7 Å². The number of nitrogens with zero attached hydrogens (tertiary/aromatic N) is 4. The Labute approximate surface area is 135 Å². The van der Waals surface area contributed by atoms with Gasteiger partial charge in [0.1, 0.15) is 5.75 Å². The van der Waals surface area contributed by atoms with Gasteiger partial charge in [-0.3, -0.25) is 0 Å². The van der Waals surface area contributed by atoms with Crippen LogP contribution in [0.4, 0.5) is 0 Å². The van der Waals surface area contributed by atoms with Gasteiger partial charge in [-0.2, -0.15) is 4.68 Å². The summed E-state index contributed by atoms with van der Waals surface area (Å²) in [4.78, 5) is 10.7. The number of aromatic carboxylic acids is 1. The van der Waals surface area contributed by atoms with Gasteiger partial charge in [0.25, 0.3) is 0 Å². The Morgan fingerprint density at radius 3 is 2.70 bits per heavy atom. The summed E-state index contributed by atoms with van der Waals surface area (Å²) in [6.07, 6.45) is 0. The highest BCUT2D eigenvalue weighted by Gasteiger charge is 2.09. The first kappa shape index (κ1) is 15.0. The molecule has 0 saturated carbocycles. The molecule has 0 saturated heterocycles. The van der Waals surface area contributed by atoms with E-state index in [4.69, 9.17) is 0 Å². The number of thioether (sulfide) groups is 1. The second kappa shape index (κ2) is 6.49. The van der Waals surface area contributed by atoms with E-state index >= 15 is 0 Å². The van der Waals surface area contributed by atoms with Crippen molar-refractivity contribution in [1.29, 1.82) is 0 Å².